The minimum Gasteiger partial charge on any atom is -0.392 e. The monoisotopic (exact) mass is 357 g/mol. The van der Waals surface area contributed by atoms with E-state index >= 15 is 0 Å². The van der Waals surface area contributed by atoms with Gasteiger partial charge in [0.15, 0.2) is 5.82 Å². The molecular formula is C16H24FN3O3S. The summed E-state index contributed by atoms with van der Waals surface area (Å²) < 4.78 is 42.8. The van der Waals surface area contributed by atoms with Gasteiger partial charge in [-0.1, -0.05) is 18.6 Å². The highest BCUT2D eigenvalue weighted by molar-refractivity contribution is 7.86. The minimum absolute atomic E-state index is 0.260. The van der Waals surface area contributed by atoms with Gasteiger partial charge in [-0.25, -0.2) is 4.39 Å². The number of piperidine rings is 1. The molecule has 0 atom stereocenters. The van der Waals surface area contributed by atoms with E-state index in [0.717, 1.165) is 19.3 Å². The molecule has 2 heterocycles. The average Bonchev–Trinajstić information content (AvgIpc) is 2.63. The quantitative estimate of drug-likeness (QED) is 0.879. The number of aliphatic hydroxyl groups excluding tert-OH is 1. The van der Waals surface area contributed by atoms with Crippen LogP contribution in [0.4, 0.5) is 10.1 Å². The van der Waals surface area contributed by atoms with E-state index in [9.17, 15) is 17.9 Å². The van der Waals surface area contributed by atoms with Crippen LogP contribution >= 0.6 is 0 Å². The Bertz CT molecular complexity index is 669. The van der Waals surface area contributed by atoms with Crippen molar-refractivity contribution < 1.29 is 17.9 Å². The molecule has 1 aromatic rings. The number of piperazine rings is 1. The van der Waals surface area contributed by atoms with Crippen LogP contribution in [0.3, 0.4) is 0 Å². The molecule has 1 N–H and O–H groups in total. The molecule has 2 saturated heterocycles. The van der Waals surface area contributed by atoms with Gasteiger partial charge >= 0.3 is 0 Å². The first-order chi connectivity index (χ1) is 11.5. The minimum atomic E-state index is -3.41. The standard InChI is InChI=1S/C16H24FN3O3S/c17-16-14(13-21)5-4-6-15(16)18-9-11-20(12-10-18)24(22,23)19-7-2-1-3-8-19/h4-6,21H,1-3,7-13H2. The summed E-state index contributed by atoms with van der Waals surface area (Å²) in [7, 11) is -3.41. The van der Waals surface area contributed by atoms with Gasteiger partial charge in [0.1, 0.15) is 0 Å². The predicted octanol–water partition coefficient (Wildman–Crippen LogP) is 1.17. The number of nitrogens with zero attached hydrogens (tertiary/aromatic N) is 3. The van der Waals surface area contributed by atoms with E-state index in [1.54, 1.807) is 22.5 Å². The zero-order valence-electron chi connectivity index (χ0n) is 13.7. The fraction of sp³-hybridized carbons (Fsp3) is 0.625. The second kappa shape index (κ2) is 7.35. The molecule has 0 unspecified atom stereocenters. The summed E-state index contributed by atoms with van der Waals surface area (Å²) in [5, 5.41) is 9.18. The molecule has 2 aliphatic heterocycles. The van der Waals surface area contributed by atoms with Crippen molar-refractivity contribution in [2.75, 3.05) is 44.2 Å². The third-order valence-electron chi connectivity index (χ3n) is 4.78. The lowest BCUT2D eigenvalue weighted by atomic mass is 10.1. The molecule has 2 aliphatic rings. The summed E-state index contributed by atoms with van der Waals surface area (Å²) >= 11 is 0. The normalized spacial score (nSPS) is 21.2. The molecule has 3 rings (SSSR count). The number of hydrogen-bond acceptors (Lipinski definition) is 4. The van der Waals surface area contributed by atoms with E-state index in [1.165, 1.54) is 4.31 Å². The van der Waals surface area contributed by atoms with Gasteiger partial charge in [0.2, 0.25) is 0 Å². The largest absolute Gasteiger partial charge is 0.392 e. The molecule has 1 aromatic carbocycles. The molecule has 0 radical (unpaired) electrons. The zero-order chi connectivity index (χ0) is 17.2. The molecule has 0 bridgehead atoms. The lowest BCUT2D eigenvalue weighted by Crippen LogP contribution is -2.54. The van der Waals surface area contributed by atoms with Gasteiger partial charge in [-0.15, -0.1) is 0 Å². The molecule has 2 fully saturated rings. The van der Waals surface area contributed by atoms with E-state index in [-0.39, 0.29) is 12.2 Å². The van der Waals surface area contributed by atoms with Crippen LogP contribution in [-0.2, 0) is 16.8 Å². The van der Waals surface area contributed by atoms with Crippen molar-refractivity contribution in [3.8, 4) is 0 Å². The summed E-state index contributed by atoms with van der Waals surface area (Å²) in [5.74, 6) is -0.424. The van der Waals surface area contributed by atoms with Gasteiger partial charge < -0.3 is 10.0 Å². The zero-order valence-corrected chi connectivity index (χ0v) is 14.5. The summed E-state index contributed by atoms with van der Waals surface area (Å²) in [4.78, 5) is 1.84. The van der Waals surface area contributed by atoms with E-state index in [2.05, 4.69) is 0 Å². The van der Waals surface area contributed by atoms with Crippen LogP contribution < -0.4 is 4.90 Å². The molecule has 134 valence electrons. The summed E-state index contributed by atoms with van der Waals surface area (Å²) in [6.45, 7) is 2.43. The van der Waals surface area contributed by atoms with Crippen molar-refractivity contribution in [3.63, 3.8) is 0 Å². The first-order valence-electron chi connectivity index (χ1n) is 8.42. The van der Waals surface area contributed by atoms with Crippen LogP contribution in [0.5, 0.6) is 0 Å². The molecule has 6 nitrogen and oxygen atoms in total. The van der Waals surface area contributed by atoms with Crippen LogP contribution in [0.2, 0.25) is 0 Å². The number of rotatable bonds is 4. The Hall–Kier alpha value is -1.22. The topological polar surface area (TPSA) is 64.1 Å². The molecule has 0 amide bonds. The Balaban J connectivity index is 1.67. The summed E-state index contributed by atoms with van der Waals surface area (Å²) in [5.41, 5.74) is 0.687. The van der Waals surface area contributed by atoms with Crippen molar-refractivity contribution >= 4 is 15.9 Å². The highest BCUT2D eigenvalue weighted by Gasteiger charge is 2.33. The van der Waals surface area contributed by atoms with Crippen LogP contribution in [0, 0.1) is 5.82 Å². The first kappa shape index (κ1) is 17.6. The first-order valence-corrected chi connectivity index (χ1v) is 9.82. The molecule has 24 heavy (non-hydrogen) atoms. The van der Waals surface area contributed by atoms with Crippen LogP contribution in [0.15, 0.2) is 18.2 Å². The van der Waals surface area contributed by atoms with Crippen LogP contribution in [0.1, 0.15) is 24.8 Å². The lowest BCUT2D eigenvalue weighted by molar-refractivity contribution is 0.275. The number of hydrogen-bond donors (Lipinski definition) is 1. The Labute approximate surface area is 142 Å². The van der Waals surface area contributed by atoms with Crippen molar-refractivity contribution in [2.45, 2.75) is 25.9 Å². The van der Waals surface area contributed by atoms with E-state index in [4.69, 9.17) is 0 Å². The maximum Gasteiger partial charge on any atom is 0.282 e. The molecule has 0 aromatic heterocycles. The number of anilines is 1. The second-order valence-electron chi connectivity index (χ2n) is 6.26. The van der Waals surface area contributed by atoms with Crippen molar-refractivity contribution in [1.82, 2.24) is 8.61 Å². The number of halogens is 1. The second-order valence-corrected chi connectivity index (χ2v) is 8.19. The van der Waals surface area contributed by atoms with Gasteiger partial charge in [0.25, 0.3) is 10.2 Å². The third-order valence-corrected chi connectivity index (χ3v) is 6.81. The maximum atomic E-state index is 14.3. The highest BCUT2D eigenvalue weighted by atomic mass is 32.2. The Kier molecular flexibility index (Phi) is 5.39. The fourth-order valence-corrected chi connectivity index (χ4v) is 5.02. The summed E-state index contributed by atoms with van der Waals surface area (Å²) in [6, 6.07) is 4.93. The molecule has 0 aliphatic carbocycles. The van der Waals surface area contributed by atoms with Crippen molar-refractivity contribution in [2.24, 2.45) is 0 Å². The van der Waals surface area contributed by atoms with Crippen LogP contribution in [0.25, 0.3) is 0 Å². The highest BCUT2D eigenvalue weighted by Crippen LogP contribution is 2.25. The molecule has 0 spiro atoms. The fourth-order valence-electron chi connectivity index (χ4n) is 3.35. The van der Waals surface area contributed by atoms with E-state index in [1.807, 2.05) is 4.90 Å². The van der Waals surface area contributed by atoms with E-state index in [0.29, 0.717) is 45.0 Å². The van der Waals surface area contributed by atoms with Gasteiger partial charge in [-0.05, 0) is 18.9 Å². The predicted molar refractivity (Wildman–Crippen MR) is 90.5 cm³/mol. The third kappa shape index (κ3) is 3.42. The Morgan fingerprint density at radius 3 is 2.21 bits per heavy atom. The Morgan fingerprint density at radius 1 is 0.958 bits per heavy atom. The molecule has 0 saturated carbocycles. The number of aliphatic hydroxyl groups is 1. The van der Waals surface area contributed by atoms with E-state index < -0.39 is 16.0 Å². The van der Waals surface area contributed by atoms with Crippen molar-refractivity contribution in [3.05, 3.63) is 29.6 Å². The maximum absolute atomic E-state index is 14.3. The smallest absolute Gasteiger partial charge is 0.282 e. The van der Waals surface area contributed by atoms with Gasteiger partial charge in [-0.3, -0.25) is 0 Å². The molecular weight excluding hydrogens is 333 g/mol. The van der Waals surface area contributed by atoms with Gasteiger partial charge in [0.05, 0.1) is 12.3 Å². The SMILES string of the molecule is O=S(=O)(N1CCCCC1)N1CCN(c2cccc(CO)c2F)CC1. The molecule has 8 heteroatoms. The van der Waals surface area contributed by atoms with Gasteiger partial charge in [-0.2, -0.15) is 17.0 Å². The van der Waals surface area contributed by atoms with Crippen molar-refractivity contribution in [1.29, 1.82) is 0 Å². The van der Waals surface area contributed by atoms with Gasteiger partial charge in [0, 0.05) is 44.8 Å². The summed E-state index contributed by atoms with van der Waals surface area (Å²) in [6.07, 6.45) is 2.91. The Morgan fingerprint density at radius 2 is 1.58 bits per heavy atom. The van der Waals surface area contributed by atoms with Crippen LogP contribution in [-0.4, -0.2) is 61.4 Å². The number of benzene rings is 1. The average molecular weight is 357 g/mol. The lowest BCUT2D eigenvalue weighted by Gasteiger charge is -2.38.